The second-order valence-electron chi connectivity index (χ2n) is 4.41. The normalized spacial score (nSPS) is 10.4. The van der Waals surface area contributed by atoms with Crippen molar-refractivity contribution in [3.05, 3.63) is 50.0 Å². The lowest BCUT2D eigenvalue weighted by atomic mass is 10.2. The summed E-state index contributed by atoms with van der Waals surface area (Å²) < 4.78 is 1.14. The maximum absolute atomic E-state index is 12.2. The van der Waals surface area contributed by atoms with Gasteiger partial charge in [-0.2, -0.15) is 0 Å². The van der Waals surface area contributed by atoms with Gasteiger partial charge in [-0.25, -0.2) is 4.98 Å². The molecule has 2 rings (SSSR count). The maximum atomic E-state index is 12.2. The largest absolute Gasteiger partial charge is 0.506 e. The Kier molecular flexibility index (Phi) is 4.45. The molecular weight excluding hydrogens is 388 g/mol. The summed E-state index contributed by atoms with van der Waals surface area (Å²) in [4.78, 5) is 16.4. The van der Waals surface area contributed by atoms with Crippen LogP contribution in [0.3, 0.4) is 0 Å². The Hall–Kier alpha value is -1.40. The average molecular weight is 400 g/mol. The Morgan fingerprint density at radius 1 is 1.20 bits per heavy atom. The Balaban J connectivity index is 2.33. The lowest BCUT2D eigenvalue weighted by Gasteiger charge is -2.09. The van der Waals surface area contributed by atoms with Crippen LogP contribution in [-0.4, -0.2) is 16.0 Å². The van der Waals surface area contributed by atoms with E-state index in [4.69, 9.17) is 0 Å². The molecule has 0 aliphatic heterocycles. The fourth-order valence-electron chi connectivity index (χ4n) is 1.83. The van der Waals surface area contributed by atoms with E-state index in [-0.39, 0.29) is 11.3 Å². The monoisotopic (exact) mass is 398 g/mol. The quantitative estimate of drug-likeness (QED) is 0.796. The van der Waals surface area contributed by atoms with Crippen molar-refractivity contribution in [3.63, 3.8) is 0 Å². The van der Waals surface area contributed by atoms with Crippen molar-refractivity contribution in [2.75, 3.05) is 5.32 Å². The number of carbonyl (C=O) groups is 1. The molecule has 1 heterocycles. The van der Waals surface area contributed by atoms with Crippen LogP contribution in [0, 0.1) is 13.8 Å². The molecule has 104 valence electrons. The minimum absolute atomic E-state index is 0.102. The molecule has 0 radical (unpaired) electrons. The Labute approximate surface area is 133 Å². The predicted octanol–water partition coefficient (Wildman–Crippen LogP) is 4.18. The molecule has 0 aliphatic rings. The number of halogens is 2. The van der Waals surface area contributed by atoms with Gasteiger partial charge in [0.1, 0.15) is 11.6 Å². The van der Waals surface area contributed by atoms with Crippen molar-refractivity contribution in [3.8, 4) is 5.75 Å². The number of nitrogens with one attached hydrogen (secondary N) is 1. The van der Waals surface area contributed by atoms with Gasteiger partial charge < -0.3 is 10.4 Å². The summed E-state index contributed by atoms with van der Waals surface area (Å²) in [6.45, 7) is 3.79. The third-order valence-electron chi connectivity index (χ3n) is 2.61. The minimum Gasteiger partial charge on any atom is -0.506 e. The van der Waals surface area contributed by atoms with E-state index < -0.39 is 5.91 Å². The van der Waals surface area contributed by atoms with Crippen molar-refractivity contribution >= 4 is 43.6 Å². The van der Waals surface area contributed by atoms with Gasteiger partial charge in [-0.15, -0.1) is 0 Å². The van der Waals surface area contributed by atoms with Crippen LogP contribution >= 0.6 is 31.9 Å². The van der Waals surface area contributed by atoms with E-state index in [1.54, 1.807) is 18.2 Å². The number of aromatic nitrogens is 1. The summed E-state index contributed by atoms with van der Waals surface area (Å²) in [6, 6.07) is 6.91. The highest BCUT2D eigenvalue weighted by molar-refractivity contribution is 9.11. The zero-order chi connectivity index (χ0) is 14.9. The summed E-state index contributed by atoms with van der Waals surface area (Å²) in [5, 5.41) is 12.6. The average Bonchev–Trinajstić information content (AvgIpc) is 2.32. The van der Waals surface area contributed by atoms with Crippen molar-refractivity contribution in [2.24, 2.45) is 0 Å². The van der Waals surface area contributed by atoms with Crippen molar-refractivity contribution in [1.82, 2.24) is 4.98 Å². The molecule has 2 aromatic rings. The SMILES string of the molecule is Cc1cc(C)nc(NC(=O)c2cc(Br)cc(Br)c2O)c1. The molecule has 2 N–H and O–H groups in total. The van der Waals surface area contributed by atoms with E-state index in [1.165, 1.54) is 0 Å². The molecule has 0 atom stereocenters. The van der Waals surface area contributed by atoms with E-state index in [2.05, 4.69) is 42.2 Å². The molecule has 4 nitrogen and oxygen atoms in total. The fourth-order valence-corrected chi connectivity index (χ4v) is 3.05. The van der Waals surface area contributed by atoms with Crippen molar-refractivity contribution in [1.29, 1.82) is 0 Å². The summed E-state index contributed by atoms with van der Waals surface area (Å²) in [7, 11) is 0. The Bertz CT molecular complexity index is 667. The maximum Gasteiger partial charge on any atom is 0.260 e. The molecule has 1 aromatic heterocycles. The molecule has 1 aromatic carbocycles. The van der Waals surface area contributed by atoms with Gasteiger partial charge in [0, 0.05) is 10.2 Å². The van der Waals surface area contributed by atoms with Gasteiger partial charge in [-0.1, -0.05) is 15.9 Å². The number of phenolic OH excluding ortho intramolecular Hbond substituents is 1. The second kappa shape index (κ2) is 5.93. The smallest absolute Gasteiger partial charge is 0.260 e. The third kappa shape index (κ3) is 3.37. The Morgan fingerprint density at radius 2 is 1.90 bits per heavy atom. The zero-order valence-corrected chi connectivity index (χ0v) is 14.0. The predicted molar refractivity (Wildman–Crippen MR) is 85.2 cm³/mol. The van der Waals surface area contributed by atoms with E-state index in [1.807, 2.05) is 19.9 Å². The first-order valence-corrected chi connectivity index (χ1v) is 7.40. The van der Waals surface area contributed by atoms with Gasteiger partial charge in [0.2, 0.25) is 0 Å². The number of anilines is 1. The third-order valence-corrected chi connectivity index (χ3v) is 3.67. The molecule has 0 bridgehead atoms. The highest BCUT2D eigenvalue weighted by Gasteiger charge is 2.15. The summed E-state index contributed by atoms with van der Waals surface area (Å²) in [6.07, 6.45) is 0. The molecule has 0 aliphatic carbocycles. The van der Waals surface area contributed by atoms with Gasteiger partial charge in [0.05, 0.1) is 10.0 Å². The number of benzene rings is 1. The van der Waals surface area contributed by atoms with Crippen LogP contribution in [0.25, 0.3) is 0 Å². The molecule has 0 saturated carbocycles. The van der Waals surface area contributed by atoms with Crippen LogP contribution in [0.15, 0.2) is 33.2 Å². The van der Waals surface area contributed by atoms with Crippen LogP contribution in [0.2, 0.25) is 0 Å². The van der Waals surface area contributed by atoms with E-state index in [0.29, 0.717) is 14.8 Å². The number of pyridine rings is 1. The van der Waals surface area contributed by atoms with Crippen LogP contribution in [0.5, 0.6) is 5.75 Å². The van der Waals surface area contributed by atoms with E-state index >= 15 is 0 Å². The number of aromatic hydroxyl groups is 1. The summed E-state index contributed by atoms with van der Waals surface area (Å²) in [5.74, 6) is -0.0555. The number of rotatable bonds is 2. The number of amides is 1. The first-order valence-electron chi connectivity index (χ1n) is 5.81. The molecule has 0 fully saturated rings. The first-order chi connectivity index (χ1) is 9.36. The van der Waals surface area contributed by atoms with Crippen molar-refractivity contribution < 1.29 is 9.90 Å². The number of hydrogen-bond donors (Lipinski definition) is 2. The molecule has 20 heavy (non-hydrogen) atoms. The lowest BCUT2D eigenvalue weighted by molar-refractivity contribution is 0.102. The molecular formula is C14H12Br2N2O2. The topological polar surface area (TPSA) is 62.2 Å². The first kappa shape index (κ1) is 15.0. The summed E-state index contributed by atoms with van der Waals surface area (Å²) in [5.41, 5.74) is 2.00. The van der Waals surface area contributed by atoms with Gasteiger partial charge in [0.15, 0.2) is 0 Å². The lowest BCUT2D eigenvalue weighted by Crippen LogP contribution is -2.13. The second-order valence-corrected chi connectivity index (χ2v) is 6.18. The van der Waals surface area contributed by atoms with E-state index in [0.717, 1.165) is 11.3 Å². The molecule has 6 heteroatoms. The van der Waals surface area contributed by atoms with Crippen LogP contribution < -0.4 is 5.32 Å². The van der Waals surface area contributed by atoms with Gasteiger partial charge in [-0.3, -0.25) is 4.79 Å². The van der Waals surface area contributed by atoms with Gasteiger partial charge >= 0.3 is 0 Å². The van der Waals surface area contributed by atoms with Crippen LogP contribution in [0.1, 0.15) is 21.6 Å². The van der Waals surface area contributed by atoms with Crippen LogP contribution in [0.4, 0.5) is 5.82 Å². The van der Waals surface area contributed by atoms with Crippen molar-refractivity contribution in [2.45, 2.75) is 13.8 Å². The number of aryl methyl sites for hydroxylation is 2. The number of hydrogen-bond acceptors (Lipinski definition) is 3. The van der Waals surface area contributed by atoms with Gasteiger partial charge in [0.25, 0.3) is 5.91 Å². The van der Waals surface area contributed by atoms with Crippen LogP contribution in [-0.2, 0) is 0 Å². The molecule has 0 saturated heterocycles. The van der Waals surface area contributed by atoms with Gasteiger partial charge in [-0.05, 0) is 59.6 Å². The molecule has 0 spiro atoms. The number of phenols is 1. The summed E-state index contributed by atoms with van der Waals surface area (Å²) >= 11 is 6.49. The minimum atomic E-state index is -0.415. The molecule has 0 unspecified atom stereocenters. The van der Waals surface area contributed by atoms with E-state index in [9.17, 15) is 9.90 Å². The fraction of sp³-hybridized carbons (Fsp3) is 0.143. The molecule has 1 amide bonds. The highest BCUT2D eigenvalue weighted by atomic mass is 79.9. The zero-order valence-electron chi connectivity index (χ0n) is 10.9. The standard InChI is InChI=1S/C14H12Br2N2O2/c1-7-3-8(2)17-12(4-7)18-14(20)10-5-9(15)6-11(16)13(10)19/h3-6,19H,1-2H3,(H,17,18,20). The highest BCUT2D eigenvalue weighted by Crippen LogP contribution is 2.32. The number of carbonyl (C=O) groups excluding carboxylic acids is 1. The Morgan fingerprint density at radius 3 is 2.55 bits per heavy atom. The number of nitrogens with zero attached hydrogens (tertiary/aromatic N) is 1.